The van der Waals surface area contributed by atoms with Crippen LogP contribution in [0.25, 0.3) is 0 Å². The Hall–Kier alpha value is -2.24. The molecular weight excluding hydrogens is 362 g/mol. The van der Waals surface area contributed by atoms with Crippen LogP contribution in [0, 0.1) is 11.8 Å². The summed E-state index contributed by atoms with van der Waals surface area (Å²) in [5.41, 5.74) is 1.95. The molecule has 1 atom stereocenters. The molecule has 29 heavy (non-hydrogen) atoms. The van der Waals surface area contributed by atoms with Gasteiger partial charge >= 0.3 is 6.03 Å². The summed E-state index contributed by atoms with van der Waals surface area (Å²) in [6.07, 6.45) is 4.74. The van der Waals surface area contributed by atoms with E-state index in [9.17, 15) is 4.79 Å². The van der Waals surface area contributed by atoms with E-state index in [0.29, 0.717) is 6.54 Å². The van der Waals surface area contributed by atoms with Gasteiger partial charge in [0, 0.05) is 38.4 Å². The summed E-state index contributed by atoms with van der Waals surface area (Å²) in [5.74, 6) is 2.52. The number of guanidine groups is 1. The molecule has 2 N–H and O–H groups in total. The van der Waals surface area contributed by atoms with Gasteiger partial charge in [0.05, 0.1) is 6.54 Å². The van der Waals surface area contributed by atoms with Crippen molar-refractivity contribution in [2.75, 3.05) is 38.0 Å². The van der Waals surface area contributed by atoms with Crippen molar-refractivity contribution in [3.05, 3.63) is 29.8 Å². The van der Waals surface area contributed by atoms with E-state index in [1.807, 2.05) is 23.1 Å². The number of likely N-dealkylation sites (tertiary alicyclic amines) is 2. The van der Waals surface area contributed by atoms with Crippen LogP contribution in [-0.4, -0.2) is 54.5 Å². The lowest BCUT2D eigenvalue weighted by atomic mass is 9.97. The smallest absolute Gasteiger partial charge is 0.321 e. The molecule has 1 aromatic carbocycles. The van der Waals surface area contributed by atoms with Gasteiger partial charge in [0.2, 0.25) is 0 Å². The fourth-order valence-electron chi connectivity index (χ4n) is 4.35. The molecule has 1 aromatic rings. The van der Waals surface area contributed by atoms with E-state index < -0.39 is 0 Å². The van der Waals surface area contributed by atoms with Gasteiger partial charge in [-0.3, -0.25) is 0 Å². The van der Waals surface area contributed by atoms with Gasteiger partial charge in [-0.1, -0.05) is 26.0 Å². The third-order valence-corrected chi connectivity index (χ3v) is 5.71. The molecule has 2 saturated heterocycles. The van der Waals surface area contributed by atoms with Crippen LogP contribution in [0.4, 0.5) is 10.5 Å². The summed E-state index contributed by atoms with van der Waals surface area (Å²) < 4.78 is 0. The van der Waals surface area contributed by atoms with Gasteiger partial charge in [-0.2, -0.15) is 0 Å². The Bertz CT molecular complexity index is 696. The van der Waals surface area contributed by atoms with E-state index in [-0.39, 0.29) is 6.03 Å². The van der Waals surface area contributed by atoms with Crippen LogP contribution in [0.5, 0.6) is 0 Å². The fraction of sp³-hybridized carbons (Fsp3) is 0.652. The molecular formula is C23H37N5O. The van der Waals surface area contributed by atoms with E-state index in [2.05, 4.69) is 42.4 Å². The van der Waals surface area contributed by atoms with E-state index >= 15 is 0 Å². The molecule has 2 heterocycles. The normalized spacial score (nSPS) is 19.9. The van der Waals surface area contributed by atoms with E-state index in [4.69, 9.17) is 4.99 Å². The molecule has 160 valence electrons. The lowest BCUT2D eigenvalue weighted by Crippen LogP contribution is -2.40. The lowest BCUT2D eigenvalue weighted by molar-refractivity contribution is 0.222. The number of nitrogens with one attached hydrogen (secondary N) is 2. The second-order valence-electron chi connectivity index (χ2n) is 8.73. The summed E-state index contributed by atoms with van der Waals surface area (Å²) in [6.45, 7) is 12.1. The van der Waals surface area contributed by atoms with Crippen molar-refractivity contribution in [1.82, 2.24) is 15.1 Å². The van der Waals surface area contributed by atoms with Gasteiger partial charge in [0.1, 0.15) is 0 Å². The number of carbonyl (C=O) groups excluding carboxylic acids is 1. The Labute approximate surface area is 175 Å². The van der Waals surface area contributed by atoms with Crippen LogP contribution < -0.4 is 10.6 Å². The van der Waals surface area contributed by atoms with Crippen LogP contribution >= 0.6 is 0 Å². The highest BCUT2D eigenvalue weighted by atomic mass is 16.2. The Morgan fingerprint density at radius 2 is 2.00 bits per heavy atom. The highest BCUT2D eigenvalue weighted by Gasteiger charge is 2.25. The largest absolute Gasteiger partial charge is 0.357 e. The van der Waals surface area contributed by atoms with Crippen molar-refractivity contribution in [1.29, 1.82) is 0 Å². The summed E-state index contributed by atoms with van der Waals surface area (Å²) in [7, 11) is 0. The average molecular weight is 400 g/mol. The Kier molecular flexibility index (Phi) is 7.78. The number of anilines is 1. The zero-order valence-electron chi connectivity index (χ0n) is 18.3. The first kappa shape index (κ1) is 21.5. The molecule has 2 aliphatic heterocycles. The zero-order chi connectivity index (χ0) is 20.6. The molecule has 0 spiro atoms. The SMILES string of the molecule is CCNC(=NCc1cccc(NC(=O)N2CCCC2)c1)N1CCC(CC(C)C)C1. The van der Waals surface area contributed by atoms with E-state index in [1.165, 1.54) is 12.8 Å². The number of amides is 2. The first-order valence-corrected chi connectivity index (χ1v) is 11.2. The van der Waals surface area contributed by atoms with Crippen LogP contribution in [-0.2, 0) is 6.54 Å². The molecule has 0 aliphatic carbocycles. The van der Waals surface area contributed by atoms with E-state index in [0.717, 1.165) is 74.6 Å². The minimum Gasteiger partial charge on any atom is -0.357 e. The molecule has 2 amide bonds. The second kappa shape index (κ2) is 10.5. The van der Waals surface area contributed by atoms with Gasteiger partial charge in [0.15, 0.2) is 5.96 Å². The molecule has 2 fully saturated rings. The molecule has 0 saturated carbocycles. The Morgan fingerprint density at radius 3 is 2.72 bits per heavy atom. The summed E-state index contributed by atoms with van der Waals surface area (Å²) >= 11 is 0. The molecule has 0 aromatic heterocycles. The topological polar surface area (TPSA) is 60.0 Å². The standard InChI is InChI=1S/C23H37N5O/c1-4-24-22(28-13-10-20(17-28)14-18(2)3)25-16-19-8-7-9-21(15-19)26-23(29)27-11-5-6-12-27/h7-9,15,18,20H,4-6,10-14,16-17H2,1-3H3,(H,24,25)(H,26,29). The van der Waals surface area contributed by atoms with Crippen molar-refractivity contribution in [2.45, 2.75) is 53.0 Å². The molecule has 3 rings (SSSR count). The van der Waals surface area contributed by atoms with Crippen LogP contribution in [0.3, 0.4) is 0 Å². The number of benzene rings is 1. The summed E-state index contributed by atoms with van der Waals surface area (Å²) in [4.78, 5) is 21.5. The molecule has 0 bridgehead atoms. The number of urea groups is 1. The van der Waals surface area contributed by atoms with Gasteiger partial charge in [-0.05, 0) is 62.1 Å². The van der Waals surface area contributed by atoms with Gasteiger partial charge < -0.3 is 20.4 Å². The van der Waals surface area contributed by atoms with Crippen LogP contribution in [0.15, 0.2) is 29.3 Å². The maximum absolute atomic E-state index is 12.3. The first-order chi connectivity index (χ1) is 14.0. The maximum atomic E-state index is 12.3. The predicted octanol–water partition coefficient (Wildman–Crippen LogP) is 4.15. The zero-order valence-corrected chi connectivity index (χ0v) is 18.3. The number of nitrogens with zero attached hydrogens (tertiary/aromatic N) is 3. The fourth-order valence-corrected chi connectivity index (χ4v) is 4.35. The minimum atomic E-state index is 0.00440. The Morgan fingerprint density at radius 1 is 1.21 bits per heavy atom. The van der Waals surface area contributed by atoms with Gasteiger partial charge in [0.25, 0.3) is 0 Å². The van der Waals surface area contributed by atoms with Crippen molar-refractivity contribution in [3.63, 3.8) is 0 Å². The summed E-state index contributed by atoms with van der Waals surface area (Å²) in [6, 6.07) is 8.05. The quantitative estimate of drug-likeness (QED) is 0.558. The highest BCUT2D eigenvalue weighted by molar-refractivity contribution is 5.89. The highest BCUT2D eigenvalue weighted by Crippen LogP contribution is 2.23. The minimum absolute atomic E-state index is 0.00440. The first-order valence-electron chi connectivity index (χ1n) is 11.2. The maximum Gasteiger partial charge on any atom is 0.321 e. The number of rotatable bonds is 6. The number of hydrogen-bond acceptors (Lipinski definition) is 2. The monoisotopic (exact) mass is 399 g/mol. The lowest BCUT2D eigenvalue weighted by Gasteiger charge is -2.22. The molecule has 1 unspecified atom stereocenters. The third-order valence-electron chi connectivity index (χ3n) is 5.71. The predicted molar refractivity (Wildman–Crippen MR) is 120 cm³/mol. The molecule has 2 aliphatic rings. The van der Waals surface area contributed by atoms with Crippen molar-refractivity contribution in [2.24, 2.45) is 16.8 Å². The van der Waals surface area contributed by atoms with Crippen molar-refractivity contribution < 1.29 is 4.79 Å². The Balaban J connectivity index is 1.59. The molecule has 6 heteroatoms. The van der Waals surface area contributed by atoms with Crippen LogP contribution in [0.1, 0.15) is 52.0 Å². The number of hydrogen-bond donors (Lipinski definition) is 2. The van der Waals surface area contributed by atoms with E-state index in [1.54, 1.807) is 0 Å². The second-order valence-corrected chi connectivity index (χ2v) is 8.73. The van der Waals surface area contributed by atoms with Gasteiger partial charge in [-0.25, -0.2) is 9.79 Å². The third kappa shape index (κ3) is 6.38. The number of carbonyl (C=O) groups is 1. The van der Waals surface area contributed by atoms with Gasteiger partial charge in [-0.15, -0.1) is 0 Å². The molecule has 0 radical (unpaired) electrons. The van der Waals surface area contributed by atoms with Crippen LogP contribution in [0.2, 0.25) is 0 Å². The van der Waals surface area contributed by atoms with Crippen molar-refractivity contribution in [3.8, 4) is 0 Å². The average Bonchev–Trinajstić information content (AvgIpc) is 3.37. The van der Waals surface area contributed by atoms with Crippen molar-refractivity contribution >= 4 is 17.7 Å². The summed E-state index contributed by atoms with van der Waals surface area (Å²) in [5, 5.41) is 6.48. The number of aliphatic imine (C=N–C) groups is 1. The molecule has 6 nitrogen and oxygen atoms in total.